The highest BCUT2D eigenvalue weighted by molar-refractivity contribution is 14.1. The zero-order valence-corrected chi connectivity index (χ0v) is 23.4. The largest absolute Gasteiger partial charge is 0.493 e. The highest BCUT2D eigenvalue weighted by Gasteiger charge is 2.43. The molecule has 9 nitrogen and oxygen atoms in total. The van der Waals surface area contributed by atoms with Gasteiger partial charge in [-0.15, -0.1) is 0 Å². The van der Waals surface area contributed by atoms with Crippen LogP contribution < -0.4 is 14.8 Å². The first kappa shape index (κ1) is 26.4. The predicted molar refractivity (Wildman–Crippen MR) is 151 cm³/mol. The fourth-order valence-electron chi connectivity index (χ4n) is 4.96. The molecule has 0 aromatic heterocycles. The number of dihydropyridines is 1. The van der Waals surface area contributed by atoms with Gasteiger partial charge < -0.3 is 19.5 Å². The molecule has 0 unspecified atom stereocenters. The number of benzene rings is 3. The van der Waals surface area contributed by atoms with Crippen LogP contribution in [0.1, 0.15) is 39.9 Å². The van der Waals surface area contributed by atoms with E-state index in [0.717, 1.165) is 11.1 Å². The molecule has 3 aromatic carbocycles. The summed E-state index contributed by atoms with van der Waals surface area (Å²) in [4.78, 5) is 37.1. The van der Waals surface area contributed by atoms with Gasteiger partial charge >= 0.3 is 5.97 Å². The zero-order chi connectivity index (χ0) is 27.8. The summed E-state index contributed by atoms with van der Waals surface area (Å²) >= 11 is 2.13. The second kappa shape index (κ2) is 10.5. The molecule has 0 spiro atoms. The van der Waals surface area contributed by atoms with E-state index in [1.54, 1.807) is 31.2 Å². The third kappa shape index (κ3) is 4.65. The van der Waals surface area contributed by atoms with E-state index in [1.165, 1.54) is 26.4 Å². The quantitative estimate of drug-likeness (QED) is 0.156. The number of hydrogen-bond donors (Lipinski definition) is 1. The van der Waals surface area contributed by atoms with Crippen molar-refractivity contribution in [3.05, 3.63) is 113 Å². The lowest BCUT2D eigenvalue weighted by atomic mass is 9.79. The van der Waals surface area contributed by atoms with Crippen molar-refractivity contribution in [2.75, 3.05) is 14.2 Å². The third-order valence-electron chi connectivity index (χ3n) is 6.77. The van der Waals surface area contributed by atoms with Gasteiger partial charge in [-0.3, -0.25) is 14.9 Å². The van der Waals surface area contributed by atoms with Gasteiger partial charge in [-0.25, -0.2) is 4.79 Å². The zero-order valence-electron chi connectivity index (χ0n) is 21.2. The summed E-state index contributed by atoms with van der Waals surface area (Å²) in [6.45, 7) is 1.95. The average molecular weight is 638 g/mol. The monoisotopic (exact) mass is 638 g/mol. The van der Waals surface area contributed by atoms with E-state index in [-0.39, 0.29) is 18.1 Å². The fraction of sp³-hybridized carbons (Fsp3) is 0.172. The molecule has 1 atom stereocenters. The standard InChI is InChI=1S/C29H23IN2O7/c1-15-23(29(34)38-3)24(25-26(31-15)19-6-4-5-7-20(19)27(25)33)17-12-21(30)28(22(13-17)37-2)39-14-16-8-10-18(11-9-16)32(35)36/h4-13,24,31H,14H2,1-3H3/t24-/m0/s1. The molecule has 0 fully saturated rings. The number of fused-ring (bicyclic) bond motifs is 2. The van der Waals surface area contributed by atoms with Crippen LogP contribution in [0, 0.1) is 13.7 Å². The number of esters is 1. The molecule has 5 rings (SSSR count). The number of nitro groups is 1. The first-order valence-electron chi connectivity index (χ1n) is 11.9. The summed E-state index contributed by atoms with van der Waals surface area (Å²) in [5, 5.41) is 14.2. The van der Waals surface area contributed by atoms with Crippen LogP contribution in [0.2, 0.25) is 0 Å². The van der Waals surface area contributed by atoms with E-state index in [0.29, 0.717) is 48.7 Å². The Bertz CT molecular complexity index is 1590. The molecule has 1 N–H and O–H groups in total. The number of carbonyl (C=O) groups excluding carboxylic acids is 2. The van der Waals surface area contributed by atoms with Gasteiger partial charge in [-0.05, 0) is 64.9 Å². The Morgan fingerprint density at radius 1 is 1.08 bits per heavy atom. The van der Waals surface area contributed by atoms with Crippen molar-refractivity contribution in [3.8, 4) is 11.5 Å². The van der Waals surface area contributed by atoms with E-state index >= 15 is 0 Å². The van der Waals surface area contributed by atoms with Crippen molar-refractivity contribution in [1.82, 2.24) is 5.32 Å². The van der Waals surface area contributed by atoms with Gasteiger partial charge in [-0.2, -0.15) is 0 Å². The Hall–Kier alpha value is -4.19. The molecule has 39 heavy (non-hydrogen) atoms. The number of non-ortho nitro benzene ring substituents is 1. The Balaban J connectivity index is 1.56. The SMILES string of the molecule is COC(=O)C1=C(C)NC2=C(C(=O)c3ccccc32)[C@H]1c1cc(I)c(OCc2ccc([N+](=O)[O-])cc2)c(OC)c1. The number of Topliss-reactive ketones (excluding diaryl/α,β-unsaturated/α-hetero) is 1. The van der Waals surface area contributed by atoms with E-state index < -0.39 is 16.8 Å². The summed E-state index contributed by atoms with van der Waals surface area (Å²) in [5.41, 5.74) is 4.87. The van der Waals surface area contributed by atoms with Gasteiger partial charge in [0.05, 0.1) is 34.0 Å². The fourth-order valence-corrected chi connectivity index (χ4v) is 5.74. The van der Waals surface area contributed by atoms with Gasteiger partial charge in [-0.1, -0.05) is 24.3 Å². The van der Waals surface area contributed by atoms with Gasteiger partial charge in [0, 0.05) is 40.4 Å². The van der Waals surface area contributed by atoms with Crippen molar-refractivity contribution >= 4 is 45.7 Å². The van der Waals surface area contributed by atoms with E-state index in [2.05, 4.69) is 27.9 Å². The molecule has 0 saturated carbocycles. The van der Waals surface area contributed by atoms with E-state index in [1.807, 2.05) is 24.3 Å². The second-order valence-corrected chi connectivity index (χ2v) is 10.2. The lowest BCUT2D eigenvalue weighted by Gasteiger charge is -2.29. The number of hydrogen-bond acceptors (Lipinski definition) is 8. The van der Waals surface area contributed by atoms with Crippen LogP contribution in [0.15, 0.2) is 77.5 Å². The topological polar surface area (TPSA) is 117 Å². The van der Waals surface area contributed by atoms with Crippen molar-refractivity contribution in [1.29, 1.82) is 0 Å². The van der Waals surface area contributed by atoms with Crippen LogP contribution in [0.5, 0.6) is 11.5 Å². The van der Waals surface area contributed by atoms with Crippen molar-refractivity contribution in [2.45, 2.75) is 19.4 Å². The minimum Gasteiger partial charge on any atom is -0.493 e. The average Bonchev–Trinajstić information content (AvgIpc) is 3.22. The molecule has 3 aromatic rings. The molecule has 10 heteroatoms. The Morgan fingerprint density at radius 2 is 1.77 bits per heavy atom. The minimum absolute atomic E-state index is 0.000668. The molecule has 0 bridgehead atoms. The number of carbonyl (C=O) groups is 2. The summed E-state index contributed by atoms with van der Waals surface area (Å²) in [6.07, 6.45) is 0. The summed E-state index contributed by atoms with van der Waals surface area (Å²) in [6, 6.07) is 17.1. The number of ether oxygens (including phenoxy) is 3. The smallest absolute Gasteiger partial charge is 0.336 e. The third-order valence-corrected chi connectivity index (χ3v) is 7.57. The number of ketones is 1. The van der Waals surface area contributed by atoms with Crippen LogP contribution in [0.4, 0.5) is 5.69 Å². The summed E-state index contributed by atoms with van der Waals surface area (Å²) in [5.74, 6) is -0.485. The molecule has 1 aliphatic heterocycles. The van der Waals surface area contributed by atoms with Crippen molar-refractivity contribution in [3.63, 3.8) is 0 Å². The first-order valence-corrected chi connectivity index (χ1v) is 13.0. The molecule has 198 valence electrons. The van der Waals surface area contributed by atoms with Crippen molar-refractivity contribution in [2.24, 2.45) is 0 Å². The number of nitrogens with one attached hydrogen (secondary N) is 1. The summed E-state index contributed by atoms with van der Waals surface area (Å²) < 4.78 is 17.6. The number of methoxy groups -OCH3 is 2. The van der Waals surface area contributed by atoms with Gasteiger partial charge in [0.1, 0.15) is 6.61 Å². The first-order chi connectivity index (χ1) is 18.7. The van der Waals surface area contributed by atoms with Crippen LogP contribution in [0.25, 0.3) is 5.70 Å². The molecule has 2 aliphatic rings. The van der Waals surface area contributed by atoms with Gasteiger partial charge in [0.25, 0.3) is 5.69 Å². The molecule has 0 amide bonds. The Morgan fingerprint density at radius 3 is 2.41 bits per heavy atom. The molecular formula is C29H23IN2O7. The second-order valence-electron chi connectivity index (χ2n) is 9.00. The lowest BCUT2D eigenvalue weighted by molar-refractivity contribution is -0.384. The maximum Gasteiger partial charge on any atom is 0.336 e. The Kier molecular flexibility index (Phi) is 7.13. The maximum absolute atomic E-state index is 13.6. The van der Waals surface area contributed by atoms with Crippen LogP contribution in [-0.2, 0) is 16.1 Å². The lowest BCUT2D eigenvalue weighted by Crippen LogP contribution is -2.29. The normalized spacial score (nSPS) is 15.9. The molecule has 0 radical (unpaired) electrons. The number of nitro benzene ring substituents is 1. The number of halogens is 1. The van der Waals surface area contributed by atoms with Gasteiger partial charge in [0.2, 0.25) is 0 Å². The number of rotatable bonds is 7. The van der Waals surface area contributed by atoms with E-state index in [9.17, 15) is 19.7 Å². The Labute approximate surface area is 237 Å². The van der Waals surface area contributed by atoms with Crippen molar-refractivity contribution < 1.29 is 28.7 Å². The summed E-state index contributed by atoms with van der Waals surface area (Å²) in [7, 11) is 2.83. The molecule has 1 heterocycles. The minimum atomic E-state index is -0.695. The van der Waals surface area contributed by atoms with Crippen LogP contribution >= 0.6 is 22.6 Å². The number of allylic oxidation sites excluding steroid dienone is 2. The van der Waals surface area contributed by atoms with E-state index in [4.69, 9.17) is 14.2 Å². The highest BCUT2D eigenvalue weighted by Crippen LogP contribution is 2.48. The molecule has 1 aliphatic carbocycles. The number of nitrogens with zero attached hydrogens (tertiary/aromatic N) is 1. The van der Waals surface area contributed by atoms with Crippen LogP contribution in [-0.4, -0.2) is 30.9 Å². The van der Waals surface area contributed by atoms with Crippen LogP contribution in [0.3, 0.4) is 0 Å². The molecule has 0 saturated heterocycles. The molecular weight excluding hydrogens is 615 g/mol. The van der Waals surface area contributed by atoms with Gasteiger partial charge in [0.15, 0.2) is 17.3 Å². The highest BCUT2D eigenvalue weighted by atomic mass is 127. The maximum atomic E-state index is 13.6. The predicted octanol–water partition coefficient (Wildman–Crippen LogP) is 5.53.